The molecule has 13 nitrogen and oxygen atoms in total. The van der Waals surface area contributed by atoms with Crippen LogP contribution < -0.4 is 21.1 Å². The number of nitrogens with one attached hydrogen (secondary N) is 2. The third kappa shape index (κ3) is 15.2. The van der Waals surface area contributed by atoms with Gasteiger partial charge >= 0.3 is 6.16 Å². The van der Waals surface area contributed by atoms with Crippen molar-refractivity contribution in [3.8, 4) is 17.5 Å². The molecule has 0 aromatic heterocycles. The molecule has 2 rings (SSSR count). The normalized spacial score (nSPS) is 17.8. The zero-order valence-corrected chi connectivity index (χ0v) is 26.3. The molecule has 44 heavy (non-hydrogen) atoms. The van der Waals surface area contributed by atoms with E-state index in [9.17, 15) is 19.5 Å². The fourth-order valence-corrected chi connectivity index (χ4v) is 5.21. The molecule has 0 radical (unpaired) electrons. The number of carbonyl (C=O) groups excluding carboxylic acids is 3. The molecule has 242 valence electrons. The zero-order valence-electron chi connectivity index (χ0n) is 24.7. The number of ether oxygens (including phenoxy) is 6. The maximum atomic E-state index is 12.1. The van der Waals surface area contributed by atoms with E-state index in [-0.39, 0.29) is 69.4 Å². The molecular formula is C28H40BN3O10S2. The molecule has 0 aliphatic carbocycles. The molecular weight excluding hydrogens is 613 g/mol. The highest BCUT2D eigenvalue weighted by molar-refractivity contribution is 8.76. The first kappa shape index (κ1) is 37.3. The van der Waals surface area contributed by atoms with E-state index < -0.39 is 18.4 Å². The van der Waals surface area contributed by atoms with E-state index in [0.29, 0.717) is 38.1 Å². The lowest BCUT2D eigenvalue weighted by Gasteiger charge is -2.17. The summed E-state index contributed by atoms with van der Waals surface area (Å²) in [5, 5.41) is 14.9. The van der Waals surface area contributed by atoms with E-state index in [1.807, 2.05) is 6.26 Å². The first-order valence-corrected chi connectivity index (χ1v) is 16.5. The van der Waals surface area contributed by atoms with Crippen LogP contribution in [0.15, 0.2) is 36.9 Å². The summed E-state index contributed by atoms with van der Waals surface area (Å²) in [5.41, 5.74) is 5.61. The highest BCUT2D eigenvalue weighted by Gasteiger charge is 2.37. The predicted molar refractivity (Wildman–Crippen MR) is 170 cm³/mol. The minimum absolute atomic E-state index is 0.0275. The van der Waals surface area contributed by atoms with Gasteiger partial charge in [0.05, 0.1) is 26.4 Å². The van der Waals surface area contributed by atoms with Gasteiger partial charge in [0.25, 0.3) is 5.91 Å². The van der Waals surface area contributed by atoms with Crippen molar-refractivity contribution in [2.75, 3.05) is 65.5 Å². The van der Waals surface area contributed by atoms with Crippen LogP contribution in [-0.2, 0) is 28.5 Å². The second-order valence-corrected chi connectivity index (χ2v) is 11.7. The van der Waals surface area contributed by atoms with Crippen molar-refractivity contribution in [3.63, 3.8) is 0 Å². The molecule has 0 saturated carbocycles. The number of rotatable bonds is 20. The van der Waals surface area contributed by atoms with E-state index in [2.05, 4.69) is 29.0 Å². The maximum absolute atomic E-state index is 12.1. The molecule has 0 spiro atoms. The Morgan fingerprint density at radius 1 is 1.32 bits per heavy atom. The first-order chi connectivity index (χ1) is 21.4. The summed E-state index contributed by atoms with van der Waals surface area (Å²) in [6.45, 7) is 4.62. The van der Waals surface area contributed by atoms with E-state index in [1.54, 1.807) is 24.3 Å². The number of hydrogen-bond acceptors (Lipinski definition) is 13. The smallest absolute Gasteiger partial charge is 0.490 e. The lowest BCUT2D eigenvalue weighted by Crippen LogP contribution is -2.30. The van der Waals surface area contributed by atoms with E-state index in [4.69, 9.17) is 34.2 Å². The average Bonchev–Trinajstić information content (AvgIpc) is 3.42. The Labute approximate surface area is 266 Å². The van der Waals surface area contributed by atoms with Crippen LogP contribution >= 0.6 is 21.6 Å². The minimum Gasteiger partial charge on any atom is -0.490 e. The van der Waals surface area contributed by atoms with Gasteiger partial charge in [-0.3, -0.25) is 9.59 Å². The molecule has 1 aliphatic rings. The SMILES string of the molecule is C=CCOC(=O)O[C@@H]1C[C@H](BC#CCNC(=O)COCCOC(COc2cccc(C(=O)NCCN)c2)SSC)OC1CO. The van der Waals surface area contributed by atoms with Gasteiger partial charge in [0, 0.05) is 31.1 Å². The molecule has 1 aromatic rings. The van der Waals surface area contributed by atoms with Gasteiger partial charge in [0.1, 0.15) is 43.2 Å². The molecule has 4 atom stereocenters. The Kier molecular flexibility index (Phi) is 19.1. The van der Waals surface area contributed by atoms with Crippen LogP contribution in [0.3, 0.4) is 0 Å². The van der Waals surface area contributed by atoms with E-state index in [0.717, 1.165) is 0 Å². The first-order valence-electron chi connectivity index (χ1n) is 13.9. The Hall–Kier alpha value is -2.91. The van der Waals surface area contributed by atoms with Crippen molar-refractivity contribution in [1.82, 2.24) is 10.6 Å². The molecule has 1 fully saturated rings. The monoisotopic (exact) mass is 653 g/mol. The van der Waals surface area contributed by atoms with Crippen molar-refractivity contribution in [2.45, 2.75) is 30.1 Å². The molecule has 1 aliphatic heterocycles. The van der Waals surface area contributed by atoms with Gasteiger partial charge in [-0.25, -0.2) is 4.79 Å². The van der Waals surface area contributed by atoms with Crippen LogP contribution in [0.2, 0.25) is 0 Å². The fraction of sp³-hybridized carbons (Fsp3) is 0.536. The minimum atomic E-state index is -0.850. The Balaban J connectivity index is 1.60. The number of carbonyl (C=O) groups is 3. The number of amides is 2. The molecule has 5 N–H and O–H groups in total. The highest BCUT2D eigenvalue weighted by atomic mass is 33.1. The van der Waals surface area contributed by atoms with Crippen molar-refractivity contribution in [1.29, 1.82) is 0 Å². The van der Waals surface area contributed by atoms with Crippen molar-refractivity contribution in [3.05, 3.63) is 42.5 Å². The fourth-order valence-electron chi connectivity index (χ4n) is 3.74. The molecule has 0 bridgehead atoms. The van der Waals surface area contributed by atoms with Crippen LogP contribution in [0.4, 0.5) is 4.79 Å². The summed E-state index contributed by atoms with van der Waals surface area (Å²) in [4.78, 5) is 35.8. The predicted octanol–water partition coefficient (Wildman–Crippen LogP) is 0.453. The Morgan fingerprint density at radius 2 is 2.16 bits per heavy atom. The largest absolute Gasteiger partial charge is 0.508 e. The lowest BCUT2D eigenvalue weighted by atomic mass is 9.71. The summed E-state index contributed by atoms with van der Waals surface area (Å²) in [6, 6.07) is 6.53. The molecule has 16 heteroatoms. The number of aliphatic hydroxyl groups excluding tert-OH is 1. The third-order valence-corrected chi connectivity index (χ3v) is 7.63. The van der Waals surface area contributed by atoms with Gasteiger partial charge in [0.15, 0.2) is 0 Å². The van der Waals surface area contributed by atoms with Crippen LogP contribution in [-0.4, -0.2) is 120 Å². The van der Waals surface area contributed by atoms with Gasteiger partial charge in [-0.05, 0) is 24.5 Å². The van der Waals surface area contributed by atoms with Crippen LogP contribution in [0.5, 0.6) is 5.75 Å². The molecule has 2 unspecified atom stereocenters. The highest BCUT2D eigenvalue weighted by Crippen LogP contribution is 2.26. The van der Waals surface area contributed by atoms with Crippen molar-refractivity contribution in [2.24, 2.45) is 5.73 Å². The van der Waals surface area contributed by atoms with Gasteiger partial charge in [0.2, 0.25) is 13.2 Å². The molecule has 1 aromatic carbocycles. The summed E-state index contributed by atoms with van der Waals surface area (Å²) < 4.78 is 32.7. The molecule has 2 amide bonds. The number of nitrogens with two attached hydrogens (primary N) is 1. The van der Waals surface area contributed by atoms with Gasteiger partial charge in [-0.2, -0.15) is 5.82 Å². The summed E-state index contributed by atoms with van der Waals surface area (Å²) in [7, 11) is 3.36. The number of benzene rings is 1. The number of hydrogen-bond donors (Lipinski definition) is 4. The summed E-state index contributed by atoms with van der Waals surface area (Å²) in [5.74, 6) is 5.76. The standard InChI is InChI=1S/C28H40BN3O10S2/c1-3-12-39-28(36)42-22-16-24(41-23(22)17-33)29-8-5-10-31-25(34)18-37-13-14-38-26(44-43-2)19-40-21-7-4-6-20(15-21)27(35)32-11-9-30/h3-4,6-7,15,22-24,26,29,33H,1,9-14,16-19,30H2,2H3,(H,31,34)(H,32,35)/t22-,23?,24-,26?/m1/s1. The van der Waals surface area contributed by atoms with E-state index >= 15 is 0 Å². The third-order valence-electron chi connectivity index (χ3n) is 5.73. The maximum Gasteiger partial charge on any atom is 0.508 e. The van der Waals surface area contributed by atoms with Crippen LogP contribution in [0.25, 0.3) is 0 Å². The van der Waals surface area contributed by atoms with Crippen LogP contribution in [0, 0.1) is 11.7 Å². The average molecular weight is 654 g/mol. The van der Waals surface area contributed by atoms with Crippen LogP contribution in [0.1, 0.15) is 16.8 Å². The Morgan fingerprint density at radius 3 is 2.91 bits per heavy atom. The summed E-state index contributed by atoms with van der Waals surface area (Å²) >= 11 is 0. The summed E-state index contributed by atoms with van der Waals surface area (Å²) in [6.07, 6.45) is 1.58. The topological polar surface area (TPSA) is 177 Å². The lowest BCUT2D eigenvalue weighted by molar-refractivity contribution is -0.126. The molecule has 1 heterocycles. The van der Waals surface area contributed by atoms with Gasteiger partial charge in [-0.15, -0.1) is 0 Å². The zero-order chi connectivity index (χ0) is 32.0. The second-order valence-electron chi connectivity index (χ2n) is 9.05. The van der Waals surface area contributed by atoms with Gasteiger partial charge < -0.3 is 49.9 Å². The second kappa shape index (κ2) is 22.6. The van der Waals surface area contributed by atoms with Crippen molar-refractivity contribution < 1.29 is 47.9 Å². The number of aliphatic hydroxyl groups is 1. The van der Waals surface area contributed by atoms with Crippen molar-refractivity contribution >= 4 is 46.8 Å². The Bertz CT molecular complexity index is 1110. The van der Waals surface area contributed by atoms with Gasteiger partial charge in [-0.1, -0.05) is 46.2 Å². The van der Waals surface area contributed by atoms with E-state index in [1.165, 1.54) is 27.7 Å². The quantitative estimate of drug-likeness (QED) is 0.0291. The molecule has 1 saturated heterocycles.